The van der Waals surface area contributed by atoms with Gasteiger partial charge in [0.2, 0.25) is 5.91 Å². The SMILES string of the molecule is CNCC1CCCN1C(=O)C(C)NC(=O)c1ccoc1. The number of amides is 2. The van der Waals surface area contributed by atoms with E-state index >= 15 is 0 Å². The molecule has 0 saturated carbocycles. The Bertz CT molecular complexity index is 458. The molecule has 1 aromatic heterocycles. The number of rotatable bonds is 5. The van der Waals surface area contributed by atoms with Crippen LogP contribution in [0.25, 0.3) is 0 Å². The Hall–Kier alpha value is -1.82. The van der Waals surface area contributed by atoms with Gasteiger partial charge in [-0.1, -0.05) is 0 Å². The van der Waals surface area contributed by atoms with Crippen LogP contribution in [0, 0.1) is 0 Å². The first-order chi connectivity index (χ1) is 9.63. The Morgan fingerprint density at radius 1 is 1.55 bits per heavy atom. The summed E-state index contributed by atoms with van der Waals surface area (Å²) in [6.45, 7) is 3.26. The van der Waals surface area contributed by atoms with Crippen LogP contribution in [0.4, 0.5) is 0 Å². The zero-order chi connectivity index (χ0) is 14.5. The average Bonchev–Trinajstić information content (AvgIpc) is 3.09. The lowest BCUT2D eigenvalue weighted by molar-refractivity contribution is -0.133. The van der Waals surface area contributed by atoms with Crippen LogP contribution in [0.15, 0.2) is 23.0 Å². The highest BCUT2D eigenvalue weighted by Crippen LogP contribution is 2.17. The molecular formula is C14H21N3O3. The number of nitrogens with zero attached hydrogens (tertiary/aromatic N) is 1. The van der Waals surface area contributed by atoms with Gasteiger partial charge in [0, 0.05) is 19.1 Å². The van der Waals surface area contributed by atoms with Crippen molar-refractivity contribution in [1.82, 2.24) is 15.5 Å². The molecule has 0 aromatic carbocycles. The lowest BCUT2D eigenvalue weighted by atomic mass is 10.2. The summed E-state index contributed by atoms with van der Waals surface area (Å²) in [4.78, 5) is 26.1. The van der Waals surface area contributed by atoms with Crippen molar-refractivity contribution in [1.29, 1.82) is 0 Å². The topological polar surface area (TPSA) is 74.6 Å². The molecule has 1 aromatic rings. The maximum absolute atomic E-state index is 12.4. The lowest BCUT2D eigenvalue weighted by Crippen LogP contribution is -2.50. The van der Waals surface area contributed by atoms with Gasteiger partial charge in [0.15, 0.2) is 0 Å². The predicted octanol–water partition coefficient (Wildman–Crippen LogP) is 0.608. The van der Waals surface area contributed by atoms with Gasteiger partial charge in [-0.3, -0.25) is 9.59 Å². The first-order valence-electron chi connectivity index (χ1n) is 6.91. The molecule has 1 aliphatic heterocycles. The Balaban J connectivity index is 1.93. The number of likely N-dealkylation sites (N-methyl/N-ethyl adjacent to an activating group) is 1. The molecule has 2 rings (SSSR count). The van der Waals surface area contributed by atoms with Crippen LogP contribution in [0.3, 0.4) is 0 Å². The van der Waals surface area contributed by atoms with Gasteiger partial charge < -0.3 is 20.0 Å². The van der Waals surface area contributed by atoms with Crippen molar-refractivity contribution < 1.29 is 14.0 Å². The van der Waals surface area contributed by atoms with Crippen LogP contribution in [-0.4, -0.2) is 48.9 Å². The molecule has 20 heavy (non-hydrogen) atoms. The molecule has 2 unspecified atom stereocenters. The number of carbonyl (C=O) groups excluding carboxylic acids is 2. The van der Waals surface area contributed by atoms with Crippen molar-refractivity contribution >= 4 is 11.8 Å². The summed E-state index contributed by atoms with van der Waals surface area (Å²) in [6.07, 6.45) is 4.83. The Morgan fingerprint density at radius 3 is 3.00 bits per heavy atom. The van der Waals surface area contributed by atoms with Crippen LogP contribution in [-0.2, 0) is 4.79 Å². The van der Waals surface area contributed by atoms with E-state index in [9.17, 15) is 9.59 Å². The smallest absolute Gasteiger partial charge is 0.255 e. The minimum Gasteiger partial charge on any atom is -0.472 e. The fourth-order valence-corrected chi connectivity index (χ4v) is 2.56. The molecule has 110 valence electrons. The molecular weight excluding hydrogens is 258 g/mol. The Labute approximate surface area is 118 Å². The molecule has 6 heteroatoms. The van der Waals surface area contributed by atoms with E-state index in [4.69, 9.17) is 4.42 Å². The fraction of sp³-hybridized carbons (Fsp3) is 0.571. The number of furan rings is 1. The number of hydrogen-bond donors (Lipinski definition) is 2. The summed E-state index contributed by atoms with van der Waals surface area (Å²) in [5.74, 6) is -0.316. The second-order valence-corrected chi connectivity index (χ2v) is 5.09. The van der Waals surface area contributed by atoms with Crippen LogP contribution in [0.2, 0.25) is 0 Å². The van der Waals surface area contributed by atoms with E-state index in [0.717, 1.165) is 25.9 Å². The number of hydrogen-bond acceptors (Lipinski definition) is 4. The van der Waals surface area contributed by atoms with Gasteiger partial charge in [0.25, 0.3) is 5.91 Å². The van der Waals surface area contributed by atoms with Crippen molar-refractivity contribution in [3.8, 4) is 0 Å². The average molecular weight is 279 g/mol. The van der Waals surface area contributed by atoms with Crippen molar-refractivity contribution in [2.24, 2.45) is 0 Å². The molecule has 0 radical (unpaired) electrons. The minimum atomic E-state index is -0.533. The van der Waals surface area contributed by atoms with Crippen molar-refractivity contribution in [3.63, 3.8) is 0 Å². The first-order valence-corrected chi connectivity index (χ1v) is 6.91. The maximum atomic E-state index is 12.4. The highest BCUT2D eigenvalue weighted by atomic mass is 16.3. The van der Waals surface area contributed by atoms with Gasteiger partial charge >= 0.3 is 0 Å². The zero-order valence-corrected chi connectivity index (χ0v) is 11.9. The molecule has 2 N–H and O–H groups in total. The highest BCUT2D eigenvalue weighted by molar-refractivity contribution is 5.97. The van der Waals surface area contributed by atoms with E-state index in [1.165, 1.54) is 12.5 Å². The molecule has 6 nitrogen and oxygen atoms in total. The predicted molar refractivity (Wildman–Crippen MR) is 74.3 cm³/mol. The molecule has 0 spiro atoms. The van der Waals surface area contributed by atoms with E-state index in [-0.39, 0.29) is 17.9 Å². The Kier molecular flexibility index (Phi) is 4.79. The van der Waals surface area contributed by atoms with Crippen LogP contribution in [0.5, 0.6) is 0 Å². The van der Waals surface area contributed by atoms with Crippen LogP contribution >= 0.6 is 0 Å². The number of carbonyl (C=O) groups is 2. The van der Waals surface area contributed by atoms with Gasteiger partial charge in [0.05, 0.1) is 11.8 Å². The molecule has 1 aliphatic rings. The van der Waals surface area contributed by atoms with E-state index in [0.29, 0.717) is 5.56 Å². The summed E-state index contributed by atoms with van der Waals surface area (Å²) in [5, 5.41) is 5.81. The minimum absolute atomic E-state index is 0.0282. The molecule has 2 heterocycles. The van der Waals surface area contributed by atoms with Gasteiger partial charge in [-0.05, 0) is 32.9 Å². The molecule has 2 amide bonds. The molecule has 0 bridgehead atoms. The quantitative estimate of drug-likeness (QED) is 0.828. The third kappa shape index (κ3) is 3.19. The van der Waals surface area contributed by atoms with Crippen LogP contribution in [0.1, 0.15) is 30.1 Å². The largest absolute Gasteiger partial charge is 0.472 e. The van der Waals surface area contributed by atoms with Crippen molar-refractivity contribution in [2.75, 3.05) is 20.1 Å². The second kappa shape index (κ2) is 6.56. The Morgan fingerprint density at radius 2 is 2.35 bits per heavy atom. The normalized spacial score (nSPS) is 19.9. The monoisotopic (exact) mass is 279 g/mol. The third-order valence-corrected chi connectivity index (χ3v) is 3.60. The fourth-order valence-electron chi connectivity index (χ4n) is 2.56. The molecule has 2 atom stereocenters. The lowest BCUT2D eigenvalue weighted by Gasteiger charge is -2.27. The summed E-state index contributed by atoms with van der Waals surface area (Å²) >= 11 is 0. The van der Waals surface area contributed by atoms with Gasteiger partial charge in [-0.15, -0.1) is 0 Å². The van der Waals surface area contributed by atoms with Gasteiger partial charge in [-0.2, -0.15) is 0 Å². The molecule has 1 fully saturated rings. The number of nitrogens with one attached hydrogen (secondary N) is 2. The van der Waals surface area contributed by atoms with Gasteiger partial charge in [-0.25, -0.2) is 0 Å². The summed E-state index contributed by atoms with van der Waals surface area (Å²) in [6, 6.07) is 1.27. The highest BCUT2D eigenvalue weighted by Gasteiger charge is 2.31. The number of likely N-dealkylation sites (tertiary alicyclic amines) is 1. The first kappa shape index (κ1) is 14.6. The van der Waals surface area contributed by atoms with Gasteiger partial charge in [0.1, 0.15) is 12.3 Å². The summed E-state index contributed by atoms with van der Waals surface area (Å²) in [5.41, 5.74) is 0.429. The van der Waals surface area contributed by atoms with Crippen molar-refractivity contribution in [3.05, 3.63) is 24.2 Å². The summed E-state index contributed by atoms with van der Waals surface area (Å²) in [7, 11) is 1.88. The second-order valence-electron chi connectivity index (χ2n) is 5.09. The third-order valence-electron chi connectivity index (χ3n) is 3.60. The maximum Gasteiger partial charge on any atom is 0.255 e. The van der Waals surface area contributed by atoms with Crippen molar-refractivity contribution in [2.45, 2.75) is 31.8 Å². The molecule has 0 aliphatic carbocycles. The van der Waals surface area contributed by atoms with E-state index < -0.39 is 6.04 Å². The van der Waals surface area contributed by atoms with E-state index in [1.807, 2.05) is 11.9 Å². The van der Waals surface area contributed by atoms with E-state index in [1.54, 1.807) is 13.0 Å². The summed E-state index contributed by atoms with van der Waals surface area (Å²) < 4.78 is 4.86. The standard InChI is InChI=1S/C14H21N3O3/c1-10(16-13(18)11-5-7-20-9-11)14(19)17-6-3-4-12(17)8-15-2/h5,7,9-10,12,15H,3-4,6,8H2,1-2H3,(H,16,18). The van der Waals surface area contributed by atoms with Crippen LogP contribution < -0.4 is 10.6 Å². The molecule has 1 saturated heterocycles. The van der Waals surface area contributed by atoms with E-state index in [2.05, 4.69) is 10.6 Å². The zero-order valence-electron chi connectivity index (χ0n) is 11.9.